The standard InChI is InChI=1S/C32H52FN5O/c1-6-9-10-11-12-13-14-15-31(39)37(20-7-2)25-29-30(8-3)34-38(28-18-16-27(33)17-19-28)32(29)36-23-21-35(22-24-36)26(4)5/h16-19,26H,6-15,20-25H2,1-5H3. The van der Waals surface area contributed by atoms with Gasteiger partial charge in [-0.3, -0.25) is 9.69 Å². The predicted molar refractivity (Wildman–Crippen MR) is 160 cm³/mol. The van der Waals surface area contributed by atoms with Crippen LogP contribution in [0.15, 0.2) is 24.3 Å². The number of carbonyl (C=O) groups is 1. The lowest BCUT2D eigenvalue weighted by Crippen LogP contribution is -2.49. The number of hydrogen-bond acceptors (Lipinski definition) is 4. The summed E-state index contributed by atoms with van der Waals surface area (Å²) in [6.07, 6.45) is 10.8. The first-order valence-corrected chi connectivity index (χ1v) is 15.5. The van der Waals surface area contributed by atoms with Crippen LogP contribution in [0.2, 0.25) is 0 Å². The van der Waals surface area contributed by atoms with Crippen LogP contribution in [0.25, 0.3) is 5.69 Å². The molecule has 1 saturated heterocycles. The predicted octanol–water partition coefficient (Wildman–Crippen LogP) is 6.98. The maximum absolute atomic E-state index is 13.8. The quantitative estimate of drug-likeness (QED) is 0.215. The third-order valence-electron chi connectivity index (χ3n) is 7.98. The molecule has 0 unspecified atom stereocenters. The monoisotopic (exact) mass is 541 g/mol. The fourth-order valence-electron chi connectivity index (χ4n) is 5.61. The zero-order valence-corrected chi connectivity index (χ0v) is 25.2. The zero-order valence-electron chi connectivity index (χ0n) is 25.2. The van der Waals surface area contributed by atoms with Gasteiger partial charge < -0.3 is 9.80 Å². The molecule has 6 nitrogen and oxygen atoms in total. The van der Waals surface area contributed by atoms with E-state index in [-0.39, 0.29) is 11.7 Å². The lowest BCUT2D eigenvalue weighted by molar-refractivity contribution is -0.132. The number of halogens is 1. The van der Waals surface area contributed by atoms with Crippen molar-refractivity contribution in [3.8, 4) is 5.69 Å². The summed E-state index contributed by atoms with van der Waals surface area (Å²) in [4.78, 5) is 20.4. The van der Waals surface area contributed by atoms with Gasteiger partial charge >= 0.3 is 0 Å². The van der Waals surface area contributed by atoms with Crippen LogP contribution in [0.4, 0.5) is 10.2 Å². The Morgan fingerprint density at radius 2 is 1.56 bits per heavy atom. The highest BCUT2D eigenvalue weighted by Crippen LogP contribution is 2.31. The van der Waals surface area contributed by atoms with Crippen LogP contribution in [0.5, 0.6) is 0 Å². The number of carbonyl (C=O) groups excluding carboxylic acids is 1. The molecule has 218 valence electrons. The molecular formula is C32H52FN5O. The molecule has 0 atom stereocenters. The smallest absolute Gasteiger partial charge is 0.222 e. The summed E-state index contributed by atoms with van der Waals surface area (Å²) >= 11 is 0. The Morgan fingerprint density at radius 3 is 2.15 bits per heavy atom. The largest absolute Gasteiger partial charge is 0.354 e. The molecule has 1 aliphatic rings. The van der Waals surface area contributed by atoms with E-state index in [1.165, 1.54) is 44.2 Å². The van der Waals surface area contributed by atoms with Crippen molar-refractivity contribution in [2.75, 3.05) is 37.6 Å². The van der Waals surface area contributed by atoms with Gasteiger partial charge in [-0.25, -0.2) is 9.07 Å². The number of rotatable bonds is 16. The molecule has 0 spiro atoms. The summed E-state index contributed by atoms with van der Waals surface area (Å²) < 4.78 is 15.8. The summed E-state index contributed by atoms with van der Waals surface area (Å²) in [5.74, 6) is 1.06. The van der Waals surface area contributed by atoms with Gasteiger partial charge in [-0.1, -0.05) is 59.3 Å². The first kappa shape index (κ1) is 31.1. The van der Waals surface area contributed by atoms with Gasteiger partial charge in [0.05, 0.1) is 17.9 Å². The lowest BCUT2D eigenvalue weighted by Gasteiger charge is -2.38. The molecule has 0 radical (unpaired) electrons. The number of aryl methyl sites for hydroxylation is 1. The summed E-state index contributed by atoms with van der Waals surface area (Å²) in [6.45, 7) is 16.1. The number of unbranched alkanes of at least 4 members (excludes halogenated alkanes) is 6. The second-order valence-electron chi connectivity index (χ2n) is 11.3. The normalized spacial score (nSPS) is 14.4. The SMILES string of the molecule is CCCCCCCCCC(=O)N(CCC)Cc1c(CC)nn(-c2ccc(F)cc2)c1N1CCN(C(C)C)CC1. The number of anilines is 1. The van der Waals surface area contributed by atoms with Gasteiger partial charge in [0.2, 0.25) is 5.91 Å². The number of benzene rings is 1. The van der Waals surface area contributed by atoms with Crippen molar-refractivity contribution in [3.05, 3.63) is 41.3 Å². The Labute approximate surface area is 236 Å². The van der Waals surface area contributed by atoms with E-state index in [1.807, 2.05) is 4.68 Å². The van der Waals surface area contributed by atoms with Gasteiger partial charge in [-0.05, 0) is 57.4 Å². The molecule has 1 aromatic carbocycles. The van der Waals surface area contributed by atoms with Crippen molar-refractivity contribution in [2.45, 2.75) is 111 Å². The van der Waals surface area contributed by atoms with Crippen LogP contribution in [0, 0.1) is 5.82 Å². The zero-order chi connectivity index (χ0) is 28.2. The molecule has 2 aromatic rings. The molecule has 7 heteroatoms. The third-order valence-corrected chi connectivity index (χ3v) is 7.98. The van der Waals surface area contributed by atoms with E-state index in [9.17, 15) is 9.18 Å². The van der Waals surface area contributed by atoms with Crippen molar-refractivity contribution >= 4 is 11.7 Å². The average Bonchev–Trinajstić information content (AvgIpc) is 3.30. The molecule has 1 aromatic heterocycles. The maximum Gasteiger partial charge on any atom is 0.222 e. The van der Waals surface area contributed by atoms with Gasteiger partial charge in [-0.15, -0.1) is 0 Å². The van der Waals surface area contributed by atoms with E-state index in [2.05, 4.69) is 49.3 Å². The van der Waals surface area contributed by atoms with Gasteiger partial charge in [0.1, 0.15) is 11.6 Å². The summed E-state index contributed by atoms with van der Waals surface area (Å²) in [5.41, 5.74) is 3.02. The maximum atomic E-state index is 13.8. The Balaban J connectivity index is 1.84. The molecular weight excluding hydrogens is 489 g/mol. The van der Waals surface area contributed by atoms with Gasteiger partial charge in [0.25, 0.3) is 0 Å². The highest BCUT2D eigenvalue weighted by Gasteiger charge is 2.28. The third kappa shape index (κ3) is 8.79. The molecule has 1 fully saturated rings. The molecule has 1 aliphatic heterocycles. The molecule has 3 rings (SSSR count). The van der Waals surface area contributed by atoms with Crippen LogP contribution in [-0.4, -0.2) is 64.3 Å². The van der Waals surface area contributed by atoms with E-state index in [1.54, 1.807) is 12.1 Å². The van der Waals surface area contributed by atoms with E-state index in [0.717, 1.165) is 81.2 Å². The van der Waals surface area contributed by atoms with Gasteiger partial charge in [0.15, 0.2) is 0 Å². The van der Waals surface area contributed by atoms with Crippen molar-refractivity contribution in [1.29, 1.82) is 0 Å². The summed E-state index contributed by atoms with van der Waals surface area (Å²) in [7, 11) is 0. The van der Waals surface area contributed by atoms with Crippen molar-refractivity contribution in [2.24, 2.45) is 0 Å². The second-order valence-corrected chi connectivity index (χ2v) is 11.3. The number of hydrogen-bond donors (Lipinski definition) is 0. The molecule has 0 N–H and O–H groups in total. The minimum absolute atomic E-state index is 0.248. The minimum Gasteiger partial charge on any atom is -0.354 e. The fourth-order valence-corrected chi connectivity index (χ4v) is 5.61. The van der Waals surface area contributed by atoms with Gasteiger partial charge in [-0.2, -0.15) is 5.10 Å². The van der Waals surface area contributed by atoms with Gasteiger partial charge in [0, 0.05) is 50.7 Å². The lowest BCUT2D eigenvalue weighted by atomic mass is 10.1. The minimum atomic E-state index is -0.251. The Kier molecular flexibility index (Phi) is 12.8. The Hall–Kier alpha value is -2.41. The number of piperazine rings is 1. The van der Waals surface area contributed by atoms with E-state index in [4.69, 9.17) is 5.10 Å². The van der Waals surface area contributed by atoms with Crippen LogP contribution in [0.3, 0.4) is 0 Å². The second kappa shape index (κ2) is 16.0. The number of aromatic nitrogens is 2. The topological polar surface area (TPSA) is 44.6 Å². The summed E-state index contributed by atoms with van der Waals surface area (Å²) in [5, 5.41) is 5.04. The Bertz CT molecular complexity index is 995. The number of amides is 1. The number of nitrogens with zero attached hydrogens (tertiary/aromatic N) is 5. The first-order valence-electron chi connectivity index (χ1n) is 15.5. The van der Waals surface area contributed by atoms with Crippen molar-refractivity contribution in [3.63, 3.8) is 0 Å². The molecule has 0 saturated carbocycles. The highest BCUT2D eigenvalue weighted by atomic mass is 19.1. The highest BCUT2D eigenvalue weighted by molar-refractivity contribution is 5.76. The molecule has 0 bridgehead atoms. The van der Waals surface area contributed by atoms with Crippen LogP contribution >= 0.6 is 0 Å². The molecule has 1 amide bonds. The van der Waals surface area contributed by atoms with Crippen molar-refractivity contribution < 1.29 is 9.18 Å². The van der Waals surface area contributed by atoms with E-state index in [0.29, 0.717) is 19.0 Å². The molecule has 2 heterocycles. The fraction of sp³-hybridized carbons (Fsp3) is 0.688. The first-order chi connectivity index (χ1) is 18.9. The average molecular weight is 542 g/mol. The molecule has 39 heavy (non-hydrogen) atoms. The van der Waals surface area contributed by atoms with Crippen molar-refractivity contribution in [1.82, 2.24) is 19.6 Å². The van der Waals surface area contributed by atoms with E-state index >= 15 is 0 Å². The van der Waals surface area contributed by atoms with Crippen LogP contribution in [-0.2, 0) is 17.8 Å². The molecule has 0 aliphatic carbocycles. The summed E-state index contributed by atoms with van der Waals surface area (Å²) in [6, 6.07) is 7.11. The van der Waals surface area contributed by atoms with E-state index < -0.39 is 0 Å². The van der Waals surface area contributed by atoms with Crippen LogP contribution in [0.1, 0.15) is 104 Å². The van der Waals surface area contributed by atoms with Crippen LogP contribution < -0.4 is 4.90 Å². The Morgan fingerprint density at radius 1 is 0.923 bits per heavy atom.